The second-order valence-corrected chi connectivity index (χ2v) is 5.66. The van der Waals surface area contributed by atoms with E-state index in [0.29, 0.717) is 12.2 Å². The molecular weight excluding hydrogens is 212 g/mol. The Morgan fingerprint density at radius 3 is 2.59 bits per heavy atom. The van der Waals surface area contributed by atoms with Crippen LogP contribution in [0.5, 0.6) is 5.75 Å². The van der Waals surface area contributed by atoms with Crippen LogP contribution in [0.25, 0.3) is 0 Å². The van der Waals surface area contributed by atoms with Crippen molar-refractivity contribution in [2.24, 2.45) is 0 Å². The average molecular weight is 232 g/mol. The molecule has 2 N–H and O–H groups in total. The summed E-state index contributed by atoms with van der Waals surface area (Å²) < 4.78 is 0. The predicted octanol–water partition coefficient (Wildman–Crippen LogP) is 2.73. The van der Waals surface area contributed by atoms with E-state index in [1.165, 1.54) is 30.4 Å². The molecule has 0 atom stereocenters. The zero-order valence-corrected chi connectivity index (χ0v) is 10.2. The van der Waals surface area contributed by atoms with E-state index in [2.05, 4.69) is 6.07 Å². The van der Waals surface area contributed by atoms with Crippen LogP contribution in [0.4, 0.5) is 0 Å². The number of aromatic hydroxyl groups is 1. The quantitative estimate of drug-likeness (QED) is 0.770. The van der Waals surface area contributed by atoms with E-state index in [4.69, 9.17) is 0 Å². The van der Waals surface area contributed by atoms with Crippen molar-refractivity contribution in [1.29, 1.82) is 0 Å². The summed E-state index contributed by atoms with van der Waals surface area (Å²) in [5.41, 5.74) is 3.21. The Kier molecular flexibility index (Phi) is 2.62. The van der Waals surface area contributed by atoms with E-state index in [-0.39, 0.29) is 0 Å². The fourth-order valence-electron chi connectivity index (χ4n) is 2.92. The maximum absolute atomic E-state index is 10.1. The molecule has 2 nitrogen and oxygen atoms in total. The van der Waals surface area contributed by atoms with Gasteiger partial charge in [-0.1, -0.05) is 12.5 Å². The Morgan fingerprint density at radius 1 is 1.06 bits per heavy atom. The lowest BCUT2D eigenvalue weighted by atomic mass is 9.92. The fourth-order valence-corrected chi connectivity index (χ4v) is 2.92. The largest absolute Gasteiger partial charge is 0.508 e. The summed E-state index contributed by atoms with van der Waals surface area (Å²) >= 11 is 0. The Hall–Kier alpha value is -1.02. The Labute approximate surface area is 102 Å². The van der Waals surface area contributed by atoms with Crippen LogP contribution in [0.1, 0.15) is 48.8 Å². The summed E-state index contributed by atoms with van der Waals surface area (Å²) in [7, 11) is 0. The topological polar surface area (TPSA) is 40.5 Å². The number of aryl methyl sites for hydroxylation is 1. The number of hydrogen-bond donors (Lipinski definition) is 2. The Balaban J connectivity index is 1.99. The number of phenols is 1. The van der Waals surface area contributed by atoms with E-state index in [1.54, 1.807) is 0 Å². The second-order valence-electron chi connectivity index (χ2n) is 5.66. The molecule has 17 heavy (non-hydrogen) atoms. The van der Waals surface area contributed by atoms with Gasteiger partial charge in [-0.05, 0) is 55.7 Å². The molecule has 92 valence electrons. The van der Waals surface area contributed by atoms with Crippen LogP contribution in [-0.4, -0.2) is 15.8 Å². The van der Waals surface area contributed by atoms with Crippen molar-refractivity contribution in [3.8, 4) is 5.75 Å². The molecule has 0 amide bonds. The first-order valence-corrected chi connectivity index (χ1v) is 6.73. The third kappa shape index (κ3) is 2.19. The lowest BCUT2D eigenvalue weighted by molar-refractivity contribution is 0.149. The maximum atomic E-state index is 10.1. The van der Waals surface area contributed by atoms with Gasteiger partial charge >= 0.3 is 0 Å². The van der Waals surface area contributed by atoms with Crippen molar-refractivity contribution in [2.45, 2.75) is 57.0 Å². The molecule has 1 aromatic rings. The molecule has 1 saturated carbocycles. The van der Waals surface area contributed by atoms with Crippen LogP contribution in [-0.2, 0) is 19.3 Å². The van der Waals surface area contributed by atoms with Gasteiger partial charge in [-0.3, -0.25) is 0 Å². The summed E-state index contributed by atoms with van der Waals surface area (Å²) in [6, 6.07) is 3.88. The van der Waals surface area contributed by atoms with Gasteiger partial charge < -0.3 is 10.2 Å². The van der Waals surface area contributed by atoms with Crippen molar-refractivity contribution < 1.29 is 10.2 Å². The number of aliphatic hydroxyl groups is 1. The number of phenolic OH excluding ortho intramolecular Hbond substituents is 1. The molecule has 3 rings (SSSR count). The van der Waals surface area contributed by atoms with Crippen molar-refractivity contribution in [3.63, 3.8) is 0 Å². The van der Waals surface area contributed by atoms with Crippen LogP contribution in [0, 0.1) is 0 Å². The minimum absolute atomic E-state index is 0.381. The van der Waals surface area contributed by atoms with Gasteiger partial charge in [0.2, 0.25) is 0 Å². The monoisotopic (exact) mass is 232 g/mol. The van der Waals surface area contributed by atoms with Gasteiger partial charge in [0, 0.05) is 12.0 Å². The summed E-state index contributed by atoms with van der Waals surface area (Å²) in [6.07, 6.45) is 8.34. The zero-order valence-electron chi connectivity index (χ0n) is 10.2. The molecule has 0 aromatic heterocycles. The van der Waals surface area contributed by atoms with Crippen molar-refractivity contribution in [2.75, 3.05) is 0 Å². The molecule has 0 aliphatic heterocycles. The number of fused-ring (bicyclic) bond motifs is 1. The van der Waals surface area contributed by atoms with E-state index < -0.39 is 5.60 Å². The Bertz CT molecular complexity index is 433. The minimum atomic E-state index is -0.515. The molecule has 2 aliphatic carbocycles. The summed E-state index contributed by atoms with van der Waals surface area (Å²) in [5, 5.41) is 20.1. The van der Waals surface area contributed by atoms with E-state index >= 15 is 0 Å². The normalized spacial score (nSPS) is 21.7. The highest BCUT2D eigenvalue weighted by Crippen LogP contribution is 2.42. The van der Waals surface area contributed by atoms with Gasteiger partial charge in [0.1, 0.15) is 5.75 Å². The van der Waals surface area contributed by atoms with Crippen molar-refractivity contribution in [3.05, 3.63) is 28.8 Å². The first-order valence-electron chi connectivity index (χ1n) is 6.73. The van der Waals surface area contributed by atoms with Gasteiger partial charge in [0.25, 0.3) is 0 Å². The molecule has 0 heterocycles. The third-order valence-corrected chi connectivity index (χ3v) is 4.21. The molecular formula is C15H20O2. The highest BCUT2D eigenvalue weighted by Gasteiger charge is 2.41. The van der Waals surface area contributed by atoms with E-state index in [1.807, 2.05) is 6.07 Å². The van der Waals surface area contributed by atoms with Gasteiger partial charge in [0.05, 0.1) is 5.60 Å². The van der Waals surface area contributed by atoms with Crippen LogP contribution in [0.2, 0.25) is 0 Å². The second kappa shape index (κ2) is 4.02. The zero-order chi connectivity index (χ0) is 11.9. The van der Waals surface area contributed by atoms with Crippen LogP contribution < -0.4 is 0 Å². The number of hydrogen-bond acceptors (Lipinski definition) is 2. The molecule has 0 unspecified atom stereocenters. The van der Waals surface area contributed by atoms with Gasteiger partial charge in [-0.2, -0.15) is 0 Å². The number of benzene rings is 1. The van der Waals surface area contributed by atoms with Gasteiger partial charge in [0.15, 0.2) is 0 Å². The lowest BCUT2D eigenvalue weighted by Crippen LogP contribution is -2.13. The van der Waals surface area contributed by atoms with Gasteiger partial charge in [-0.15, -0.1) is 0 Å². The SMILES string of the molecule is Oc1ccc2c(c1CC1(O)CC1)CCCCC2. The Morgan fingerprint density at radius 2 is 1.82 bits per heavy atom. The molecule has 0 radical (unpaired) electrons. The smallest absolute Gasteiger partial charge is 0.119 e. The van der Waals surface area contributed by atoms with Crippen LogP contribution in [0.15, 0.2) is 12.1 Å². The highest BCUT2D eigenvalue weighted by molar-refractivity contribution is 5.46. The summed E-state index contributed by atoms with van der Waals surface area (Å²) in [4.78, 5) is 0. The third-order valence-electron chi connectivity index (χ3n) is 4.21. The number of rotatable bonds is 2. The van der Waals surface area contributed by atoms with E-state index in [9.17, 15) is 10.2 Å². The van der Waals surface area contributed by atoms with Gasteiger partial charge in [-0.25, -0.2) is 0 Å². The molecule has 2 aliphatic rings. The molecule has 1 aromatic carbocycles. The first-order chi connectivity index (χ1) is 8.18. The lowest BCUT2D eigenvalue weighted by Gasteiger charge is -2.16. The molecule has 0 bridgehead atoms. The molecule has 0 saturated heterocycles. The fraction of sp³-hybridized carbons (Fsp3) is 0.600. The predicted molar refractivity (Wildman–Crippen MR) is 67.3 cm³/mol. The standard InChI is InChI=1S/C15H20O2/c16-14-7-6-11-4-2-1-3-5-12(11)13(14)10-15(17)8-9-15/h6-7,16-17H,1-5,8-10H2. The van der Waals surface area contributed by atoms with E-state index in [0.717, 1.165) is 31.2 Å². The summed E-state index contributed by atoms with van der Waals surface area (Å²) in [6.45, 7) is 0. The molecule has 1 fully saturated rings. The molecule has 2 heteroatoms. The van der Waals surface area contributed by atoms with Crippen LogP contribution in [0.3, 0.4) is 0 Å². The van der Waals surface area contributed by atoms with Crippen molar-refractivity contribution >= 4 is 0 Å². The first kappa shape index (κ1) is 11.1. The average Bonchev–Trinajstić information content (AvgIpc) is 3.06. The van der Waals surface area contributed by atoms with Crippen LogP contribution >= 0.6 is 0 Å². The highest BCUT2D eigenvalue weighted by atomic mass is 16.3. The van der Waals surface area contributed by atoms with Crippen molar-refractivity contribution in [1.82, 2.24) is 0 Å². The summed E-state index contributed by atoms with van der Waals surface area (Å²) in [5.74, 6) is 0.381. The minimum Gasteiger partial charge on any atom is -0.508 e. The molecule has 0 spiro atoms. The maximum Gasteiger partial charge on any atom is 0.119 e.